The van der Waals surface area contributed by atoms with Gasteiger partial charge in [0.05, 0.1) is 4.47 Å². The summed E-state index contributed by atoms with van der Waals surface area (Å²) in [7, 11) is 4.26. The minimum Gasteiger partial charge on any atom is -0.351 e. The van der Waals surface area contributed by atoms with Crippen LogP contribution in [0.4, 0.5) is 5.82 Å². The molecule has 0 radical (unpaired) electrons. The minimum absolute atomic E-state index is 0.598. The predicted octanol–water partition coefficient (Wildman–Crippen LogP) is 2.37. The highest BCUT2D eigenvalue weighted by atomic mass is 79.9. The van der Waals surface area contributed by atoms with Gasteiger partial charge in [-0.2, -0.15) is 0 Å². The van der Waals surface area contributed by atoms with Crippen LogP contribution in [0.5, 0.6) is 0 Å². The molecule has 88 valence electrons. The van der Waals surface area contributed by atoms with Gasteiger partial charge in [-0.25, -0.2) is 4.98 Å². The molecule has 1 fully saturated rings. The van der Waals surface area contributed by atoms with Crippen LogP contribution in [0.1, 0.15) is 12.8 Å². The molecule has 1 aliphatic heterocycles. The lowest BCUT2D eigenvalue weighted by molar-refractivity contribution is 0.371. The zero-order chi connectivity index (χ0) is 11.5. The van der Waals surface area contributed by atoms with Gasteiger partial charge in [-0.1, -0.05) is 0 Å². The standard InChI is InChI=1S/C12H18BrN3/c1-15(2)9-10-5-4-8-16(10)12-11(13)6-3-7-14-12/h3,6-7,10H,4-5,8-9H2,1-2H3. The molecule has 2 rings (SSSR count). The molecule has 0 bridgehead atoms. The fourth-order valence-electron chi connectivity index (χ4n) is 2.31. The Bertz CT molecular complexity index is 354. The number of rotatable bonds is 3. The van der Waals surface area contributed by atoms with Gasteiger partial charge < -0.3 is 9.80 Å². The molecule has 1 saturated heterocycles. The second kappa shape index (κ2) is 5.15. The van der Waals surface area contributed by atoms with E-state index in [-0.39, 0.29) is 0 Å². The summed E-state index contributed by atoms with van der Waals surface area (Å²) in [5.41, 5.74) is 0. The largest absolute Gasteiger partial charge is 0.351 e. The Morgan fingerprint density at radius 3 is 3.06 bits per heavy atom. The van der Waals surface area contributed by atoms with Crippen molar-refractivity contribution in [3.05, 3.63) is 22.8 Å². The topological polar surface area (TPSA) is 19.4 Å². The first-order valence-corrected chi connectivity index (χ1v) is 6.49. The van der Waals surface area contributed by atoms with E-state index in [1.165, 1.54) is 12.8 Å². The van der Waals surface area contributed by atoms with Crippen molar-refractivity contribution in [1.29, 1.82) is 0 Å². The number of pyridine rings is 1. The zero-order valence-electron chi connectivity index (χ0n) is 9.86. The van der Waals surface area contributed by atoms with Gasteiger partial charge >= 0.3 is 0 Å². The van der Waals surface area contributed by atoms with Crippen LogP contribution in [0.15, 0.2) is 22.8 Å². The molecule has 0 spiro atoms. The monoisotopic (exact) mass is 283 g/mol. The molecule has 1 aromatic rings. The van der Waals surface area contributed by atoms with Crippen molar-refractivity contribution in [2.45, 2.75) is 18.9 Å². The average molecular weight is 284 g/mol. The maximum atomic E-state index is 4.48. The average Bonchev–Trinajstić information content (AvgIpc) is 2.66. The molecular formula is C12H18BrN3. The molecule has 4 heteroatoms. The van der Waals surface area contributed by atoms with E-state index in [0.29, 0.717) is 6.04 Å². The number of anilines is 1. The van der Waals surface area contributed by atoms with Crippen molar-refractivity contribution >= 4 is 21.7 Å². The van der Waals surface area contributed by atoms with E-state index >= 15 is 0 Å². The third-order valence-electron chi connectivity index (χ3n) is 2.96. The summed E-state index contributed by atoms with van der Waals surface area (Å²) < 4.78 is 1.10. The summed E-state index contributed by atoms with van der Waals surface area (Å²) in [4.78, 5) is 9.15. The van der Waals surface area contributed by atoms with Crippen LogP contribution < -0.4 is 4.90 Å². The molecule has 16 heavy (non-hydrogen) atoms. The normalized spacial score (nSPS) is 20.8. The van der Waals surface area contributed by atoms with E-state index in [1.807, 2.05) is 12.3 Å². The Morgan fingerprint density at radius 1 is 1.56 bits per heavy atom. The maximum absolute atomic E-state index is 4.48. The smallest absolute Gasteiger partial charge is 0.143 e. The van der Waals surface area contributed by atoms with Gasteiger partial charge in [0.2, 0.25) is 0 Å². The van der Waals surface area contributed by atoms with Crippen molar-refractivity contribution in [3.63, 3.8) is 0 Å². The molecule has 1 aliphatic rings. The van der Waals surface area contributed by atoms with Gasteiger partial charge in [0.15, 0.2) is 0 Å². The van der Waals surface area contributed by atoms with Gasteiger partial charge in [0.25, 0.3) is 0 Å². The summed E-state index contributed by atoms with van der Waals surface area (Å²) in [5.74, 6) is 1.09. The number of hydrogen-bond acceptors (Lipinski definition) is 3. The van der Waals surface area contributed by atoms with Gasteiger partial charge in [0.1, 0.15) is 5.82 Å². The van der Waals surface area contributed by atoms with Crippen molar-refractivity contribution in [2.24, 2.45) is 0 Å². The zero-order valence-corrected chi connectivity index (χ0v) is 11.4. The fraction of sp³-hybridized carbons (Fsp3) is 0.583. The predicted molar refractivity (Wildman–Crippen MR) is 70.9 cm³/mol. The van der Waals surface area contributed by atoms with Crippen LogP contribution in [0.3, 0.4) is 0 Å². The Hall–Kier alpha value is -0.610. The molecule has 0 N–H and O–H groups in total. The lowest BCUT2D eigenvalue weighted by Crippen LogP contribution is -2.38. The van der Waals surface area contributed by atoms with E-state index in [1.54, 1.807) is 0 Å². The molecule has 0 saturated carbocycles. The summed E-state index contributed by atoms with van der Waals surface area (Å²) in [5, 5.41) is 0. The quantitative estimate of drug-likeness (QED) is 0.849. The van der Waals surface area contributed by atoms with Gasteiger partial charge in [0, 0.05) is 25.3 Å². The van der Waals surface area contributed by atoms with Crippen molar-refractivity contribution in [1.82, 2.24) is 9.88 Å². The Kier molecular flexibility index (Phi) is 3.82. The summed E-state index contributed by atoms with van der Waals surface area (Å²) >= 11 is 3.58. The Balaban J connectivity index is 2.17. The van der Waals surface area contributed by atoms with Gasteiger partial charge in [-0.3, -0.25) is 0 Å². The number of nitrogens with zero attached hydrogens (tertiary/aromatic N) is 3. The number of halogens is 1. The number of aromatic nitrogens is 1. The fourth-order valence-corrected chi connectivity index (χ4v) is 2.80. The Labute approximate surface area is 106 Å². The number of hydrogen-bond donors (Lipinski definition) is 0. The maximum Gasteiger partial charge on any atom is 0.143 e. The van der Waals surface area contributed by atoms with E-state index in [9.17, 15) is 0 Å². The Morgan fingerprint density at radius 2 is 2.38 bits per heavy atom. The van der Waals surface area contributed by atoms with Crippen LogP contribution in [0.25, 0.3) is 0 Å². The molecule has 1 atom stereocenters. The van der Waals surface area contributed by atoms with Crippen LogP contribution in [0.2, 0.25) is 0 Å². The van der Waals surface area contributed by atoms with E-state index in [2.05, 4.69) is 50.9 Å². The lowest BCUT2D eigenvalue weighted by Gasteiger charge is -2.28. The first kappa shape index (κ1) is 11.9. The third-order valence-corrected chi connectivity index (χ3v) is 3.58. The van der Waals surface area contributed by atoms with Crippen LogP contribution >= 0.6 is 15.9 Å². The van der Waals surface area contributed by atoms with Crippen LogP contribution in [0, 0.1) is 0 Å². The number of likely N-dealkylation sites (N-methyl/N-ethyl adjacent to an activating group) is 1. The molecule has 0 aliphatic carbocycles. The van der Waals surface area contributed by atoms with Gasteiger partial charge in [-0.05, 0) is 55.0 Å². The lowest BCUT2D eigenvalue weighted by atomic mass is 10.2. The minimum atomic E-state index is 0.598. The second-order valence-electron chi connectivity index (χ2n) is 4.56. The second-order valence-corrected chi connectivity index (χ2v) is 5.41. The third kappa shape index (κ3) is 2.55. The molecule has 3 nitrogen and oxygen atoms in total. The summed E-state index contributed by atoms with van der Waals surface area (Å²) in [6, 6.07) is 4.62. The molecular weight excluding hydrogens is 266 g/mol. The van der Waals surface area contributed by atoms with Crippen molar-refractivity contribution in [3.8, 4) is 0 Å². The molecule has 1 unspecified atom stereocenters. The highest BCUT2D eigenvalue weighted by Crippen LogP contribution is 2.29. The molecule has 0 aromatic carbocycles. The van der Waals surface area contributed by atoms with E-state index in [0.717, 1.165) is 23.4 Å². The molecule has 1 aromatic heterocycles. The SMILES string of the molecule is CN(C)CC1CCCN1c1ncccc1Br. The van der Waals surface area contributed by atoms with E-state index < -0.39 is 0 Å². The molecule has 2 heterocycles. The highest BCUT2D eigenvalue weighted by molar-refractivity contribution is 9.10. The van der Waals surface area contributed by atoms with Crippen molar-refractivity contribution < 1.29 is 0 Å². The van der Waals surface area contributed by atoms with Gasteiger partial charge in [-0.15, -0.1) is 0 Å². The summed E-state index contributed by atoms with van der Waals surface area (Å²) in [6.07, 6.45) is 4.40. The van der Waals surface area contributed by atoms with Crippen LogP contribution in [-0.4, -0.2) is 43.1 Å². The summed E-state index contributed by atoms with van der Waals surface area (Å²) in [6.45, 7) is 2.22. The first-order valence-electron chi connectivity index (χ1n) is 5.70. The van der Waals surface area contributed by atoms with Crippen molar-refractivity contribution in [2.75, 3.05) is 32.1 Å². The highest BCUT2D eigenvalue weighted by Gasteiger charge is 2.26. The first-order chi connectivity index (χ1) is 7.68. The van der Waals surface area contributed by atoms with E-state index in [4.69, 9.17) is 0 Å². The molecule has 0 amide bonds. The van der Waals surface area contributed by atoms with Crippen LogP contribution in [-0.2, 0) is 0 Å².